The van der Waals surface area contributed by atoms with Crippen molar-refractivity contribution in [3.05, 3.63) is 103 Å². The zero-order chi connectivity index (χ0) is 30.7. The molecule has 2 unspecified atom stereocenters. The molecule has 2 aromatic heterocycles. The predicted molar refractivity (Wildman–Crippen MR) is 165 cm³/mol. The van der Waals surface area contributed by atoms with Crippen molar-refractivity contribution in [1.29, 1.82) is 0 Å². The number of nitrogens with zero attached hydrogens (tertiary/aromatic N) is 4. The van der Waals surface area contributed by atoms with Crippen LogP contribution in [0.3, 0.4) is 0 Å². The van der Waals surface area contributed by atoms with Crippen LogP contribution in [0.1, 0.15) is 25.1 Å². The Morgan fingerprint density at radius 1 is 1.14 bits per heavy atom. The summed E-state index contributed by atoms with van der Waals surface area (Å²) in [6.07, 6.45) is 0.689. The number of nitrogens with two attached hydrogens (primary N) is 1. The van der Waals surface area contributed by atoms with E-state index in [1.54, 1.807) is 17.6 Å². The topological polar surface area (TPSA) is 156 Å². The molecule has 4 N–H and O–H groups in total. The third-order valence-electron chi connectivity index (χ3n) is 7.33. The van der Waals surface area contributed by atoms with E-state index in [1.165, 1.54) is 12.7 Å². The first kappa shape index (κ1) is 29.7. The van der Waals surface area contributed by atoms with Gasteiger partial charge in [0.25, 0.3) is 0 Å². The number of hydrogen-bond acceptors (Lipinski definition) is 10. The van der Waals surface area contributed by atoms with E-state index >= 15 is 0 Å². The molecule has 1 saturated heterocycles. The zero-order valence-electron chi connectivity index (χ0n) is 24.0. The molecule has 1 aliphatic rings. The predicted octanol–water partition coefficient (Wildman–Crippen LogP) is 5.12. The maximum absolute atomic E-state index is 14.4. The van der Waals surface area contributed by atoms with Crippen molar-refractivity contribution in [2.75, 3.05) is 12.3 Å². The first-order valence-electron chi connectivity index (χ1n) is 14.1. The number of nitrogens with one attached hydrogen (secondary N) is 1. The molecule has 3 heterocycles. The molecule has 3 aromatic carbocycles. The van der Waals surface area contributed by atoms with Gasteiger partial charge in [0.15, 0.2) is 17.7 Å². The third-order valence-corrected chi connectivity index (χ3v) is 8.96. The monoisotopic (exact) mass is 616 g/mol. The SMILES string of the molecule is C=C(OCc1ccccc1)[C@H](C)NP(=O)(OC[C@@H]1CC(O)[C@H](n2cnc3c(N)ncnc32)O1)Oc1cccc2ccccc12. The molecular formula is C31H33N6O6P. The number of aromatic nitrogens is 4. The first-order valence-corrected chi connectivity index (χ1v) is 15.7. The molecule has 44 heavy (non-hydrogen) atoms. The quantitative estimate of drug-likeness (QED) is 0.126. The molecular weight excluding hydrogens is 583 g/mol. The van der Waals surface area contributed by atoms with E-state index in [0.717, 1.165) is 16.3 Å². The van der Waals surface area contributed by atoms with Gasteiger partial charge >= 0.3 is 7.75 Å². The second-order valence-electron chi connectivity index (χ2n) is 10.5. The summed E-state index contributed by atoms with van der Waals surface area (Å²) in [4.78, 5) is 12.5. The van der Waals surface area contributed by atoms with Gasteiger partial charge in [-0.2, -0.15) is 0 Å². The molecule has 0 saturated carbocycles. The van der Waals surface area contributed by atoms with Crippen molar-refractivity contribution in [3.63, 3.8) is 0 Å². The maximum Gasteiger partial charge on any atom is 0.459 e. The summed E-state index contributed by atoms with van der Waals surface area (Å²) in [5.41, 5.74) is 7.72. The first-order chi connectivity index (χ1) is 21.3. The zero-order valence-corrected chi connectivity index (χ0v) is 24.9. The fourth-order valence-corrected chi connectivity index (χ4v) is 6.58. The molecule has 0 radical (unpaired) electrons. The Bertz CT molecular complexity index is 1810. The van der Waals surface area contributed by atoms with E-state index in [2.05, 4.69) is 26.6 Å². The van der Waals surface area contributed by atoms with Gasteiger partial charge in [-0.25, -0.2) is 24.6 Å². The van der Waals surface area contributed by atoms with Crippen LogP contribution in [-0.4, -0.2) is 49.5 Å². The summed E-state index contributed by atoms with van der Waals surface area (Å²) in [6.45, 7) is 5.95. The molecule has 1 aliphatic heterocycles. The normalized spacial score (nSPS) is 20.4. The van der Waals surface area contributed by atoms with Crippen LogP contribution in [-0.2, 0) is 25.2 Å². The van der Waals surface area contributed by atoms with Crippen molar-refractivity contribution < 1.29 is 28.2 Å². The minimum atomic E-state index is -4.06. The molecule has 6 rings (SSSR count). The minimum absolute atomic E-state index is 0.142. The number of fused-ring (bicyclic) bond motifs is 2. The number of rotatable bonds is 12. The van der Waals surface area contributed by atoms with Crippen LogP contribution in [0.2, 0.25) is 0 Å². The van der Waals surface area contributed by atoms with E-state index in [1.807, 2.05) is 66.7 Å². The van der Waals surface area contributed by atoms with Crippen LogP contribution in [0.25, 0.3) is 21.9 Å². The Balaban J connectivity index is 1.18. The number of hydrogen-bond donors (Lipinski definition) is 3. The van der Waals surface area contributed by atoms with Crippen LogP contribution < -0.4 is 15.3 Å². The number of imidazole rings is 1. The number of ether oxygens (including phenoxy) is 2. The lowest BCUT2D eigenvalue weighted by Crippen LogP contribution is -2.30. The number of anilines is 1. The molecule has 12 nitrogen and oxygen atoms in total. The summed E-state index contributed by atoms with van der Waals surface area (Å²) in [5.74, 6) is 0.969. The number of aliphatic hydroxyl groups excluding tert-OH is 1. The van der Waals surface area contributed by atoms with Gasteiger partial charge in [-0.1, -0.05) is 73.3 Å². The Labute approximate surface area is 254 Å². The molecule has 228 valence electrons. The summed E-state index contributed by atoms with van der Waals surface area (Å²) in [7, 11) is -4.06. The average Bonchev–Trinajstić information content (AvgIpc) is 3.63. The molecule has 0 amide bonds. The summed E-state index contributed by atoms with van der Waals surface area (Å²) in [5, 5.41) is 15.5. The van der Waals surface area contributed by atoms with Gasteiger partial charge in [0.1, 0.15) is 36.1 Å². The number of benzene rings is 3. The van der Waals surface area contributed by atoms with Crippen molar-refractivity contribution >= 4 is 35.5 Å². The highest BCUT2D eigenvalue weighted by molar-refractivity contribution is 7.52. The van der Waals surface area contributed by atoms with Gasteiger partial charge < -0.3 is 24.8 Å². The summed E-state index contributed by atoms with van der Waals surface area (Å²) < 4.78 is 40.1. The van der Waals surface area contributed by atoms with Crippen LogP contribution >= 0.6 is 7.75 Å². The van der Waals surface area contributed by atoms with Crippen molar-refractivity contribution in [1.82, 2.24) is 24.6 Å². The maximum atomic E-state index is 14.4. The Morgan fingerprint density at radius 3 is 2.75 bits per heavy atom. The Morgan fingerprint density at radius 2 is 1.91 bits per heavy atom. The molecule has 5 atom stereocenters. The summed E-state index contributed by atoms with van der Waals surface area (Å²) in [6, 6.07) is 22.2. The van der Waals surface area contributed by atoms with E-state index in [9.17, 15) is 9.67 Å². The van der Waals surface area contributed by atoms with E-state index in [0.29, 0.717) is 29.3 Å². The largest absolute Gasteiger partial charge is 0.492 e. The van der Waals surface area contributed by atoms with Crippen LogP contribution in [0.5, 0.6) is 5.75 Å². The highest BCUT2D eigenvalue weighted by Gasteiger charge is 2.39. The van der Waals surface area contributed by atoms with Gasteiger partial charge in [-0.15, -0.1) is 0 Å². The smallest absolute Gasteiger partial charge is 0.459 e. The molecule has 0 aliphatic carbocycles. The van der Waals surface area contributed by atoms with Gasteiger partial charge in [-0.05, 0) is 23.9 Å². The Hall–Kier alpha value is -4.32. The second kappa shape index (κ2) is 12.7. The van der Waals surface area contributed by atoms with Gasteiger partial charge in [-0.3, -0.25) is 9.09 Å². The standard InChI is InChI=1S/C31H33N6O6P/c1-20(21(2)40-16-22-9-4-3-5-10-22)36-44(39,43-27-14-8-12-23-11-6-7-13-25(23)27)41-17-24-15-26(38)31(42-24)37-19-35-28-29(32)33-18-34-30(28)37/h3-14,18-20,24,26,31,38H,2,15-17H2,1H3,(H,36,39)(H2,32,33,34)/t20-,24-,26?,31+,44?/m0/s1. The van der Waals surface area contributed by atoms with Crippen molar-refractivity contribution in [2.24, 2.45) is 0 Å². The second-order valence-corrected chi connectivity index (χ2v) is 12.2. The van der Waals surface area contributed by atoms with Crippen LogP contribution in [0.15, 0.2) is 97.8 Å². The van der Waals surface area contributed by atoms with Crippen molar-refractivity contribution in [3.8, 4) is 5.75 Å². The lowest BCUT2D eigenvalue weighted by molar-refractivity contribution is -0.0467. The molecule has 5 aromatic rings. The highest BCUT2D eigenvalue weighted by atomic mass is 31.2. The fourth-order valence-electron chi connectivity index (χ4n) is 5.00. The highest BCUT2D eigenvalue weighted by Crippen LogP contribution is 2.48. The average molecular weight is 617 g/mol. The van der Waals surface area contributed by atoms with Gasteiger partial charge in [0.2, 0.25) is 0 Å². The van der Waals surface area contributed by atoms with Crippen LogP contribution in [0.4, 0.5) is 5.82 Å². The molecule has 0 spiro atoms. The number of aliphatic hydroxyl groups is 1. The minimum Gasteiger partial charge on any atom is -0.492 e. The van der Waals surface area contributed by atoms with Crippen molar-refractivity contribution in [2.45, 2.75) is 44.4 Å². The third kappa shape index (κ3) is 6.45. The van der Waals surface area contributed by atoms with E-state index in [4.69, 9.17) is 24.3 Å². The molecule has 0 bridgehead atoms. The van der Waals surface area contributed by atoms with Gasteiger partial charge in [0, 0.05) is 11.8 Å². The fraction of sp³-hybridized carbons (Fsp3) is 0.258. The lowest BCUT2D eigenvalue weighted by Gasteiger charge is -2.26. The summed E-state index contributed by atoms with van der Waals surface area (Å²) >= 11 is 0. The molecule has 13 heteroatoms. The number of nitrogen functional groups attached to an aromatic ring is 1. The Kier molecular flexibility index (Phi) is 8.60. The molecule has 1 fully saturated rings. The lowest BCUT2D eigenvalue weighted by atomic mass is 10.1. The van der Waals surface area contributed by atoms with Gasteiger partial charge in [0.05, 0.1) is 25.1 Å². The van der Waals surface area contributed by atoms with E-state index in [-0.39, 0.29) is 18.8 Å². The van der Waals surface area contributed by atoms with Crippen LogP contribution in [0, 0.1) is 0 Å². The van der Waals surface area contributed by atoms with E-state index < -0.39 is 32.2 Å².